The second-order valence-electron chi connectivity index (χ2n) is 27.5. The summed E-state index contributed by atoms with van der Waals surface area (Å²) in [6, 6.07) is 119. The maximum Gasteiger partial charge on any atom is 0.0618 e. The van der Waals surface area contributed by atoms with Gasteiger partial charge in [0.05, 0.1) is 11.4 Å². The van der Waals surface area contributed by atoms with Crippen LogP contribution in [0.3, 0.4) is 0 Å². The Labute approximate surface area is 546 Å². The van der Waals surface area contributed by atoms with Gasteiger partial charge in [-0.15, -0.1) is 0 Å². The summed E-state index contributed by atoms with van der Waals surface area (Å²) < 4.78 is 0. The predicted octanol–water partition coefficient (Wildman–Crippen LogP) is 25.9. The zero-order valence-electron chi connectivity index (χ0n) is 54.5. The minimum Gasteiger partial charge on any atom is -0.309 e. The van der Waals surface area contributed by atoms with Crippen molar-refractivity contribution in [3.8, 4) is 89.0 Å². The second kappa shape index (κ2) is 25.4. The highest BCUT2D eigenvalue weighted by molar-refractivity contribution is 6.02. The fourth-order valence-corrected chi connectivity index (χ4v) is 12.7. The van der Waals surface area contributed by atoms with Crippen LogP contribution in [0.1, 0.15) is 79.0 Å². The second-order valence-corrected chi connectivity index (χ2v) is 27.5. The molecule has 0 aliphatic heterocycles. The van der Waals surface area contributed by atoms with Gasteiger partial charge >= 0.3 is 0 Å². The molecule has 0 aliphatic rings. The number of hydrogen-bond donors (Lipinski definition) is 0. The molecule has 450 valence electrons. The van der Waals surface area contributed by atoms with Gasteiger partial charge in [-0.2, -0.15) is 0 Å². The maximum atomic E-state index is 2.59. The highest BCUT2D eigenvalue weighted by Crippen LogP contribution is 2.54. The Morgan fingerprint density at radius 3 is 0.696 bits per heavy atom. The van der Waals surface area contributed by atoms with Gasteiger partial charge in [0.2, 0.25) is 0 Å². The molecule has 2 heteroatoms. The Bertz CT molecular complexity index is 4500. The largest absolute Gasteiger partial charge is 0.309 e. The maximum absolute atomic E-state index is 2.59. The average molecular weight is 1190 g/mol. The summed E-state index contributed by atoms with van der Waals surface area (Å²) in [4.78, 5) is 5.16. The highest BCUT2D eigenvalue weighted by atomic mass is 15.2. The first-order valence-electron chi connectivity index (χ1n) is 32.4. The third kappa shape index (κ3) is 12.8. The van der Waals surface area contributed by atoms with Crippen molar-refractivity contribution >= 4 is 34.1 Å². The van der Waals surface area contributed by atoms with E-state index < -0.39 is 0 Å². The Morgan fingerprint density at radius 2 is 0.402 bits per heavy atom. The van der Waals surface area contributed by atoms with Gasteiger partial charge in [-0.3, -0.25) is 0 Å². The molecule has 2 nitrogen and oxygen atoms in total. The number of nitrogens with zero attached hydrogens (tertiary/aromatic N) is 2. The summed E-state index contributed by atoms with van der Waals surface area (Å²) in [5.74, 6) is 0. The van der Waals surface area contributed by atoms with Crippen LogP contribution in [0, 0.1) is 0 Å². The molecule has 92 heavy (non-hydrogen) atoms. The van der Waals surface area contributed by atoms with Gasteiger partial charge in [0.1, 0.15) is 0 Å². The molecule has 0 amide bonds. The summed E-state index contributed by atoms with van der Waals surface area (Å²) in [6.45, 7) is 21.1. The third-order valence-corrected chi connectivity index (χ3v) is 17.9. The molecule has 0 aliphatic carbocycles. The van der Waals surface area contributed by atoms with Crippen molar-refractivity contribution in [3.05, 3.63) is 338 Å². The minimum absolute atomic E-state index is 0.164. The van der Waals surface area contributed by atoms with E-state index >= 15 is 0 Å². The van der Waals surface area contributed by atoms with Crippen LogP contribution in [0.4, 0.5) is 34.1 Å². The highest BCUT2D eigenvalue weighted by Gasteiger charge is 2.32. The van der Waals surface area contributed by atoms with Crippen LogP contribution in [-0.4, -0.2) is 0 Å². The zero-order chi connectivity index (χ0) is 63.6. The van der Waals surface area contributed by atoms with Crippen LogP contribution in [0.15, 0.2) is 322 Å². The van der Waals surface area contributed by atoms with Crippen molar-refractivity contribution in [1.29, 1.82) is 0 Å². The van der Waals surface area contributed by atoms with Crippen LogP contribution in [0.2, 0.25) is 0 Å². The summed E-state index contributed by atoms with van der Waals surface area (Å²) in [5.41, 5.74) is 27.8. The molecule has 0 N–H and O–H groups in total. The van der Waals surface area contributed by atoms with Gasteiger partial charge in [-0.1, -0.05) is 305 Å². The molecule has 0 unspecified atom stereocenters. The lowest BCUT2D eigenvalue weighted by atomic mass is 9.81. The zero-order valence-corrected chi connectivity index (χ0v) is 54.5. The molecule has 0 aromatic heterocycles. The number of hydrogen-bond acceptors (Lipinski definition) is 2. The minimum atomic E-state index is -0.313. The van der Waals surface area contributed by atoms with Crippen LogP contribution in [0.25, 0.3) is 89.0 Å². The van der Waals surface area contributed by atoms with Gasteiger partial charge in [0.25, 0.3) is 0 Å². The molecule has 13 aromatic carbocycles. The molecule has 0 saturated heterocycles. The number of benzene rings is 13. The molecule has 13 rings (SSSR count). The van der Waals surface area contributed by atoms with E-state index in [1.54, 1.807) is 0 Å². The fraction of sp³-hybridized carbons (Fsp3) is 0.133. The molecule has 0 atom stereocenters. The number of anilines is 6. The van der Waals surface area contributed by atoms with Crippen molar-refractivity contribution in [1.82, 2.24) is 0 Å². The van der Waals surface area contributed by atoms with Crippen molar-refractivity contribution in [2.24, 2.45) is 0 Å². The topological polar surface area (TPSA) is 6.48 Å². The van der Waals surface area contributed by atoms with E-state index in [1.165, 1.54) is 38.9 Å². The van der Waals surface area contributed by atoms with Gasteiger partial charge < -0.3 is 9.80 Å². The third-order valence-electron chi connectivity index (χ3n) is 17.9. The van der Waals surface area contributed by atoms with E-state index in [2.05, 4.69) is 394 Å². The lowest BCUT2D eigenvalue weighted by molar-refractivity contribution is 0.590. The molecular formula is C90H80N2. The molecule has 0 spiro atoms. The SMILES string of the molecule is CC(C)(C)c1cc(N(c2ccc(-c3ccccc3)cc2)c2c(-c3ccccc3)cc(C(C)(C)C)cc2-c2ccccc2)cc(N(c2ccc(-c3ccccc3)cc2)c2c(-c3cccc(-c4ccccc4)c3)cc(C(C)(C)C)cc2-c2cccc(-c3ccccc3)c2)c1. The van der Waals surface area contributed by atoms with E-state index in [1.807, 2.05) is 0 Å². The summed E-state index contributed by atoms with van der Waals surface area (Å²) >= 11 is 0. The summed E-state index contributed by atoms with van der Waals surface area (Å²) in [6.07, 6.45) is 0. The monoisotopic (exact) mass is 1190 g/mol. The summed E-state index contributed by atoms with van der Waals surface area (Å²) in [7, 11) is 0. The van der Waals surface area contributed by atoms with Crippen molar-refractivity contribution in [2.45, 2.75) is 78.6 Å². The standard InChI is InChI=1S/C90H80N2/c1-88(2,3)75-56-80(91(78-50-46-67(47-51-78)63-30-16-10-17-31-63)86-82(69-38-24-14-25-39-69)58-76(89(4,5)6)59-83(86)70-40-26-15-27-41-70)62-81(57-75)92(79-52-48-68(49-53-79)64-32-18-11-19-33-64)87-84(73-44-28-42-71(54-73)65-34-20-12-21-35-65)60-77(90(7,8)9)61-85(87)74-45-29-43-72(55-74)66-36-22-13-23-37-66/h10-62H,1-9H3. The Hall–Kier alpha value is -10.5. The quantitative estimate of drug-likeness (QED) is 0.107. The molecule has 0 radical (unpaired) electrons. The van der Waals surface area contributed by atoms with Crippen LogP contribution >= 0.6 is 0 Å². The smallest absolute Gasteiger partial charge is 0.0618 e. The van der Waals surface area contributed by atoms with Crippen molar-refractivity contribution in [3.63, 3.8) is 0 Å². The fourth-order valence-electron chi connectivity index (χ4n) is 12.7. The molecule has 13 aromatic rings. The van der Waals surface area contributed by atoms with Gasteiger partial charge in [-0.25, -0.2) is 0 Å². The normalized spacial score (nSPS) is 11.8. The first kappa shape index (κ1) is 60.4. The van der Waals surface area contributed by atoms with E-state index in [0.717, 1.165) is 101 Å². The van der Waals surface area contributed by atoms with Gasteiger partial charge in [0.15, 0.2) is 0 Å². The van der Waals surface area contributed by atoms with Crippen molar-refractivity contribution < 1.29 is 0 Å². The Kier molecular flexibility index (Phi) is 16.7. The van der Waals surface area contributed by atoms with Gasteiger partial charge in [0, 0.05) is 45.0 Å². The summed E-state index contributed by atoms with van der Waals surface area (Å²) in [5, 5.41) is 0. The van der Waals surface area contributed by atoms with E-state index in [9.17, 15) is 0 Å². The molecule has 0 heterocycles. The molecule has 0 fully saturated rings. The van der Waals surface area contributed by atoms with Crippen LogP contribution in [0.5, 0.6) is 0 Å². The van der Waals surface area contributed by atoms with Crippen LogP contribution < -0.4 is 9.80 Å². The lowest BCUT2D eigenvalue weighted by Crippen LogP contribution is -2.20. The Balaban J connectivity index is 1.18. The van der Waals surface area contributed by atoms with E-state index in [-0.39, 0.29) is 16.2 Å². The van der Waals surface area contributed by atoms with Crippen LogP contribution in [-0.2, 0) is 16.2 Å². The molecular weight excluding hydrogens is 1110 g/mol. The molecule has 0 saturated carbocycles. The lowest BCUT2D eigenvalue weighted by Gasteiger charge is -2.36. The average Bonchev–Trinajstić information content (AvgIpc) is 0.747. The predicted molar refractivity (Wildman–Crippen MR) is 395 cm³/mol. The first-order valence-corrected chi connectivity index (χ1v) is 32.4. The number of rotatable bonds is 14. The van der Waals surface area contributed by atoms with Crippen molar-refractivity contribution in [2.75, 3.05) is 9.80 Å². The van der Waals surface area contributed by atoms with E-state index in [0.29, 0.717) is 0 Å². The Morgan fingerprint density at radius 1 is 0.174 bits per heavy atom. The van der Waals surface area contributed by atoms with E-state index in [4.69, 9.17) is 0 Å². The molecule has 0 bridgehead atoms. The first-order chi connectivity index (χ1) is 44.5. The van der Waals surface area contributed by atoms with Gasteiger partial charge in [-0.05, 0) is 179 Å².